The van der Waals surface area contributed by atoms with Gasteiger partial charge in [0.2, 0.25) is 0 Å². The van der Waals surface area contributed by atoms with Crippen LogP contribution in [-0.4, -0.2) is 25.2 Å². The number of amides is 2. The second-order valence-corrected chi connectivity index (χ2v) is 11.2. The average molecular weight is 610 g/mol. The third kappa shape index (κ3) is 5.97. The molecule has 7 nitrogen and oxygen atoms in total. The van der Waals surface area contributed by atoms with Crippen LogP contribution in [-0.2, 0) is 16.2 Å². The topological polar surface area (TPSA) is 105 Å². The number of para-hydroxylation sites is 1. The Bertz CT molecular complexity index is 1930. The van der Waals surface area contributed by atoms with E-state index in [0.717, 1.165) is 12.3 Å². The molecule has 2 N–H and O–H groups in total. The van der Waals surface area contributed by atoms with Crippen LogP contribution in [0.3, 0.4) is 0 Å². The van der Waals surface area contributed by atoms with E-state index in [4.69, 9.17) is 11.6 Å². The number of halogens is 4. The summed E-state index contributed by atoms with van der Waals surface area (Å²) in [6.07, 6.45) is -3.60. The van der Waals surface area contributed by atoms with Gasteiger partial charge in [-0.1, -0.05) is 66.2 Å². The van der Waals surface area contributed by atoms with E-state index in [1.165, 1.54) is 54.6 Å². The van der Waals surface area contributed by atoms with Crippen LogP contribution in [0.15, 0.2) is 108 Å². The molecule has 4 aromatic carbocycles. The monoisotopic (exact) mass is 609 g/mol. The van der Waals surface area contributed by atoms with Crippen molar-refractivity contribution < 1.29 is 31.2 Å². The summed E-state index contributed by atoms with van der Waals surface area (Å²) in [6.45, 7) is 0. The number of urea groups is 1. The minimum absolute atomic E-state index is 0.0416. The molecule has 12 heteroatoms. The van der Waals surface area contributed by atoms with Gasteiger partial charge in [0.15, 0.2) is 5.78 Å². The van der Waals surface area contributed by atoms with E-state index in [0.29, 0.717) is 16.1 Å². The van der Waals surface area contributed by atoms with Crippen molar-refractivity contribution in [3.8, 4) is 11.1 Å². The van der Waals surface area contributed by atoms with E-state index in [9.17, 15) is 31.2 Å². The third-order valence-corrected chi connectivity index (χ3v) is 7.84. The first-order valence-corrected chi connectivity index (χ1v) is 14.1. The van der Waals surface area contributed by atoms with Crippen molar-refractivity contribution in [2.75, 3.05) is 5.32 Å². The molecule has 1 heterocycles. The number of hydrogen-bond acceptors (Lipinski definition) is 5. The first kappa shape index (κ1) is 28.8. The van der Waals surface area contributed by atoms with E-state index >= 15 is 0 Å². The molecule has 0 radical (unpaired) electrons. The molecule has 0 saturated carbocycles. The second kappa shape index (κ2) is 11.3. The first-order valence-electron chi connectivity index (χ1n) is 12.2. The molecular formula is C30H19ClF3N3O4S. The predicted octanol–water partition coefficient (Wildman–Crippen LogP) is 7.32. The van der Waals surface area contributed by atoms with Crippen molar-refractivity contribution in [2.24, 2.45) is 0 Å². The zero-order valence-corrected chi connectivity index (χ0v) is 22.9. The Morgan fingerprint density at radius 3 is 2.21 bits per heavy atom. The number of carbonyl (C=O) groups excluding carboxylic acids is 2. The van der Waals surface area contributed by atoms with Gasteiger partial charge in [-0.25, -0.2) is 17.9 Å². The van der Waals surface area contributed by atoms with Gasteiger partial charge in [0.25, 0.3) is 10.0 Å². The molecule has 0 aliphatic rings. The zero-order valence-electron chi connectivity index (χ0n) is 21.3. The molecule has 1 aromatic heterocycles. The Balaban J connectivity index is 1.57. The quantitative estimate of drug-likeness (QED) is 0.196. The predicted molar refractivity (Wildman–Crippen MR) is 153 cm³/mol. The van der Waals surface area contributed by atoms with Crippen LogP contribution >= 0.6 is 11.6 Å². The number of pyridine rings is 1. The van der Waals surface area contributed by atoms with E-state index in [-0.39, 0.29) is 32.6 Å². The third-order valence-electron chi connectivity index (χ3n) is 6.24. The van der Waals surface area contributed by atoms with Crippen molar-refractivity contribution in [3.05, 3.63) is 125 Å². The van der Waals surface area contributed by atoms with Crippen LogP contribution in [0.5, 0.6) is 0 Å². The zero-order chi connectivity index (χ0) is 30.1. The van der Waals surface area contributed by atoms with Crippen molar-refractivity contribution >= 4 is 50.0 Å². The van der Waals surface area contributed by atoms with Crippen LogP contribution in [0.2, 0.25) is 5.02 Å². The van der Waals surface area contributed by atoms with Crippen molar-refractivity contribution in [1.82, 2.24) is 9.71 Å². The van der Waals surface area contributed by atoms with Crippen molar-refractivity contribution in [1.29, 1.82) is 0 Å². The van der Waals surface area contributed by atoms with Gasteiger partial charge < -0.3 is 5.32 Å². The summed E-state index contributed by atoms with van der Waals surface area (Å²) in [6, 6.07) is 21.8. The lowest BCUT2D eigenvalue weighted by molar-refractivity contribution is -0.136. The number of carbonyl (C=O) groups is 2. The SMILES string of the molecule is O=C(Nc1cccc(-c2c(C(=O)c3ccccc3)cnc3c(C(F)(F)F)cccc23)c1)NS(=O)(=O)c1ccc(Cl)cc1. The summed E-state index contributed by atoms with van der Waals surface area (Å²) in [5.74, 6) is -0.470. The summed E-state index contributed by atoms with van der Waals surface area (Å²) in [5, 5.41) is 2.80. The number of nitrogens with one attached hydrogen (secondary N) is 2. The Hall–Kier alpha value is -4.74. The van der Waals surface area contributed by atoms with Gasteiger partial charge >= 0.3 is 12.2 Å². The lowest BCUT2D eigenvalue weighted by Crippen LogP contribution is -2.34. The molecule has 212 valence electrons. The molecule has 0 saturated heterocycles. The van der Waals surface area contributed by atoms with Crippen LogP contribution in [0.1, 0.15) is 21.5 Å². The van der Waals surface area contributed by atoms with Gasteiger partial charge in [-0.3, -0.25) is 9.78 Å². The normalized spacial score (nSPS) is 11.7. The van der Waals surface area contributed by atoms with Crippen LogP contribution in [0.4, 0.5) is 23.7 Å². The Kier molecular flexibility index (Phi) is 7.72. The molecule has 2 amide bonds. The molecule has 0 unspecified atom stereocenters. The number of aromatic nitrogens is 1. The minimum atomic E-state index is -4.70. The molecule has 5 rings (SSSR count). The van der Waals surface area contributed by atoms with Gasteiger partial charge in [0, 0.05) is 39.0 Å². The van der Waals surface area contributed by atoms with E-state index < -0.39 is 33.6 Å². The van der Waals surface area contributed by atoms with Crippen LogP contribution in [0.25, 0.3) is 22.0 Å². The molecule has 0 fully saturated rings. The molecule has 42 heavy (non-hydrogen) atoms. The highest BCUT2D eigenvalue weighted by atomic mass is 35.5. The Morgan fingerprint density at radius 2 is 1.52 bits per heavy atom. The summed E-state index contributed by atoms with van der Waals surface area (Å²) < 4.78 is 68.6. The maximum Gasteiger partial charge on any atom is 0.418 e. The fourth-order valence-corrected chi connectivity index (χ4v) is 5.42. The highest BCUT2D eigenvalue weighted by Crippen LogP contribution is 2.39. The first-order chi connectivity index (χ1) is 19.9. The number of fused-ring (bicyclic) bond motifs is 1. The van der Waals surface area contributed by atoms with Crippen molar-refractivity contribution in [3.63, 3.8) is 0 Å². The number of sulfonamides is 1. The Labute approximate surface area is 243 Å². The maximum absolute atomic E-state index is 13.8. The molecule has 0 bridgehead atoms. The average Bonchev–Trinajstić information content (AvgIpc) is 2.95. The Morgan fingerprint density at radius 1 is 0.833 bits per heavy atom. The van der Waals surface area contributed by atoms with E-state index in [1.807, 2.05) is 4.72 Å². The van der Waals surface area contributed by atoms with Gasteiger partial charge in [-0.15, -0.1) is 0 Å². The summed E-state index contributed by atoms with van der Waals surface area (Å²) >= 11 is 5.80. The lowest BCUT2D eigenvalue weighted by atomic mass is 9.91. The van der Waals surface area contributed by atoms with E-state index in [2.05, 4.69) is 10.3 Å². The standard InChI is InChI=1S/C30H19ClF3N3O4S/c31-20-12-14-22(15-13-20)42(40,41)37-29(39)36-21-9-4-8-19(16-21)26-23-10-5-11-25(30(32,33)34)27(23)35-17-24(26)28(38)18-6-2-1-3-7-18/h1-17H,(H2,36,37,39). The lowest BCUT2D eigenvalue weighted by Gasteiger charge is -2.16. The highest BCUT2D eigenvalue weighted by Gasteiger charge is 2.34. The van der Waals surface area contributed by atoms with Crippen LogP contribution < -0.4 is 10.0 Å². The van der Waals surface area contributed by atoms with Crippen LogP contribution in [0, 0.1) is 0 Å². The minimum Gasteiger partial charge on any atom is -0.307 e. The molecule has 5 aromatic rings. The second-order valence-electron chi connectivity index (χ2n) is 9.04. The largest absolute Gasteiger partial charge is 0.418 e. The molecule has 0 aliphatic heterocycles. The van der Waals surface area contributed by atoms with Gasteiger partial charge in [-0.05, 0) is 48.0 Å². The highest BCUT2D eigenvalue weighted by molar-refractivity contribution is 7.90. The van der Waals surface area contributed by atoms with Crippen molar-refractivity contribution in [2.45, 2.75) is 11.1 Å². The number of ketones is 1. The number of hydrogen-bond donors (Lipinski definition) is 2. The summed E-state index contributed by atoms with van der Waals surface area (Å²) in [5.41, 5.74) is -0.410. The number of benzene rings is 4. The molecule has 0 aliphatic carbocycles. The number of anilines is 1. The van der Waals surface area contributed by atoms with E-state index in [1.54, 1.807) is 36.4 Å². The maximum atomic E-state index is 13.8. The summed E-state index contributed by atoms with van der Waals surface area (Å²) in [7, 11) is -4.23. The fourth-order valence-electron chi connectivity index (χ4n) is 4.38. The van der Waals surface area contributed by atoms with Gasteiger partial charge in [0.05, 0.1) is 16.0 Å². The molecule has 0 spiro atoms. The van der Waals surface area contributed by atoms with Gasteiger partial charge in [0.1, 0.15) is 0 Å². The molecular weight excluding hydrogens is 591 g/mol. The number of nitrogens with zero attached hydrogens (tertiary/aromatic N) is 1. The molecule has 0 atom stereocenters. The van der Waals surface area contributed by atoms with Gasteiger partial charge in [-0.2, -0.15) is 13.2 Å². The fraction of sp³-hybridized carbons (Fsp3) is 0.0333. The smallest absolute Gasteiger partial charge is 0.307 e. The number of alkyl halides is 3. The number of rotatable bonds is 6. The summed E-state index contributed by atoms with van der Waals surface area (Å²) in [4.78, 5) is 30.0.